The van der Waals surface area contributed by atoms with E-state index >= 15 is 0 Å². The summed E-state index contributed by atoms with van der Waals surface area (Å²) in [6.45, 7) is 1.39. The van der Waals surface area contributed by atoms with Gasteiger partial charge >= 0.3 is 0 Å². The fourth-order valence-corrected chi connectivity index (χ4v) is 3.17. The summed E-state index contributed by atoms with van der Waals surface area (Å²) in [6.07, 6.45) is 3.05. The third-order valence-corrected chi connectivity index (χ3v) is 4.93. The standard InChI is InChI=1S/C22H21Cl2N3O3/c1-27(2)10-11-30-15-8-6-14(7-9-15)12-19-21(28)26-20(22(29)25-19)13-16-17(23)4-3-5-18(16)24/h3-9,12-13H,10-11H2,1-2H3,(H,25,29)(H,26,28). The lowest BCUT2D eigenvalue weighted by Gasteiger charge is -2.10. The number of aromatic amines is 2. The van der Waals surface area contributed by atoms with E-state index < -0.39 is 11.1 Å². The first kappa shape index (κ1) is 21.9. The first-order valence-corrected chi connectivity index (χ1v) is 9.97. The van der Waals surface area contributed by atoms with Crippen molar-refractivity contribution in [1.82, 2.24) is 14.9 Å². The van der Waals surface area contributed by atoms with Crippen LogP contribution in [0.3, 0.4) is 0 Å². The molecule has 0 spiro atoms. The van der Waals surface area contributed by atoms with Gasteiger partial charge in [0.25, 0.3) is 11.1 Å². The quantitative estimate of drug-likeness (QED) is 0.607. The van der Waals surface area contributed by atoms with Gasteiger partial charge in [-0.15, -0.1) is 0 Å². The number of aromatic nitrogens is 2. The molecule has 0 aliphatic rings. The van der Waals surface area contributed by atoms with Crippen LogP contribution in [-0.2, 0) is 0 Å². The van der Waals surface area contributed by atoms with E-state index in [0.29, 0.717) is 22.2 Å². The molecule has 0 bridgehead atoms. The van der Waals surface area contributed by atoms with Crippen molar-refractivity contribution in [3.05, 3.63) is 95.0 Å². The fraction of sp³-hybridized carbons (Fsp3) is 0.182. The molecule has 0 fully saturated rings. The van der Waals surface area contributed by atoms with Crippen LogP contribution in [0.4, 0.5) is 0 Å². The molecule has 0 aliphatic heterocycles. The molecule has 2 N–H and O–H groups in total. The number of nitrogens with zero attached hydrogens (tertiary/aromatic N) is 1. The summed E-state index contributed by atoms with van der Waals surface area (Å²) < 4.78 is 5.65. The van der Waals surface area contributed by atoms with Gasteiger partial charge in [0.2, 0.25) is 0 Å². The van der Waals surface area contributed by atoms with Gasteiger partial charge in [0.05, 0.1) is 0 Å². The number of H-pyrrole nitrogens is 2. The number of likely N-dealkylation sites (N-methyl/N-ethyl adjacent to an activating group) is 1. The van der Waals surface area contributed by atoms with Crippen LogP contribution in [0, 0.1) is 0 Å². The molecule has 0 atom stereocenters. The van der Waals surface area contributed by atoms with Crippen molar-refractivity contribution in [2.45, 2.75) is 0 Å². The smallest absolute Gasteiger partial charge is 0.272 e. The summed E-state index contributed by atoms with van der Waals surface area (Å²) in [6, 6.07) is 12.3. The zero-order valence-electron chi connectivity index (χ0n) is 16.5. The molecule has 1 heterocycles. The number of hydrogen-bond donors (Lipinski definition) is 2. The van der Waals surface area contributed by atoms with Crippen LogP contribution in [0.1, 0.15) is 11.1 Å². The molecule has 8 heteroatoms. The zero-order chi connectivity index (χ0) is 21.7. The minimum Gasteiger partial charge on any atom is -0.492 e. The highest BCUT2D eigenvalue weighted by atomic mass is 35.5. The molecule has 1 aromatic heterocycles. The second-order valence-electron chi connectivity index (χ2n) is 6.88. The Morgan fingerprint density at radius 2 is 1.47 bits per heavy atom. The SMILES string of the molecule is CN(C)CCOc1ccc(C=c2[nH]c(=O)c(=Cc3c(Cl)cccc3Cl)[nH]c2=O)cc1. The number of rotatable bonds is 6. The molecule has 3 aromatic rings. The van der Waals surface area contributed by atoms with Crippen molar-refractivity contribution in [1.29, 1.82) is 0 Å². The van der Waals surface area contributed by atoms with Gasteiger partial charge in [-0.05, 0) is 56.1 Å². The Balaban J connectivity index is 1.90. The van der Waals surface area contributed by atoms with Gasteiger partial charge in [-0.25, -0.2) is 0 Å². The van der Waals surface area contributed by atoms with Crippen LogP contribution in [0.15, 0.2) is 52.1 Å². The van der Waals surface area contributed by atoms with Crippen molar-refractivity contribution in [3.8, 4) is 5.75 Å². The minimum atomic E-state index is -0.458. The number of benzene rings is 2. The monoisotopic (exact) mass is 445 g/mol. The Hall–Kier alpha value is -2.80. The lowest BCUT2D eigenvalue weighted by Crippen LogP contribution is -2.46. The van der Waals surface area contributed by atoms with Gasteiger partial charge in [0.15, 0.2) is 0 Å². The maximum absolute atomic E-state index is 12.5. The Morgan fingerprint density at radius 1 is 0.900 bits per heavy atom. The van der Waals surface area contributed by atoms with Crippen LogP contribution in [0.25, 0.3) is 12.2 Å². The molecular weight excluding hydrogens is 425 g/mol. The number of ether oxygens (including phenoxy) is 1. The molecule has 0 saturated carbocycles. The number of nitrogens with one attached hydrogen (secondary N) is 2. The summed E-state index contributed by atoms with van der Waals surface area (Å²) in [7, 11) is 3.96. The Bertz CT molecular complexity index is 1240. The maximum atomic E-state index is 12.5. The summed E-state index contributed by atoms with van der Waals surface area (Å²) >= 11 is 12.3. The highest BCUT2D eigenvalue weighted by molar-refractivity contribution is 6.37. The molecule has 30 heavy (non-hydrogen) atoms. The van der Waals surface area contributed by atoms with E-state index in [1.54, 1.807) is 24.3 Å². The molecular formula is C22H21Cl2N3O3. The zero-order valence-corrected chi connectivity index (χ0v) is 18.1. The van der Waals surface area contributed by atoms with Crippen molar-refractivity contribution in [2.75, 3.05) is 27.2 Å². The van der Waals surface area contributed by atoms with E-state index in [9.17, 15) is 9.59 Å². The van der Waals surface area contributed by atoms with Gasteiger partial charge in [0.1, 0.15) is 23.1 Å². The largest absolute Gasteiger partial charge is 0.492 e. The van der Waals surface area contributed by atoms with E-state index in [0.717, 1.165) is 17.9 Å². The molecule has 0 unspecified atom stereocenters. The molecule has 0 amide bonds. The minimum absolute atomic E-state index is 0.0665. The predicted molar refractivity (Wildman–Crippen MR) is 121 cm³/mol. The van der Waals surface area contributed by atoms with Gasteiger partial charge in [-0.1, -0.05) is 41.4 Å². The van der Waals surface area contributed by atoms with Gasteiger partial charge in [-0.3, -0.25) is 9.59 Å². The van der Waals surface area contributed by atoms with E-state index in [1.807, 2.05) is 43.3 Å². The molecule has 2 aromatic carbocycles. The van der Waals surface area contributed by atoms with E-state index in [4.69, 9.17) is 27.9 Å². The fourth-order valence-electron chi connectivity index (χ4n) is 2.66. The summed E-state index contributed by atoms with van der Waals surface area (Å²) in [5.74, 6) is 0.734. The lowest BCUT2D eigenvalue weighted by atomic mass is 10.2. The van der Waals surface area contributed by atoms with Crippen LogP contribution < -0.4 is 26.6 Å². The number of halogens is 2. The molecule has 6 nitrogen and oxygen atoms in total. The lowest BCUT2D eigenvalue weighted by molar-refractivity contribution is 0.261. The topological polar surface area (TPSA) is 78.2 Å². The summed E-state index contributed by atoms with van der Waals surface area (Å²) in [5.41, 5.74) is 0.321. The molecule has 0 saturated heterocycles. The third kappa shape index (κ3) is 5.63. The average Bonchev–Trinajstić information content (AvgIpc) is 2.69. The third-order valence-electron chi connectivity index (χ3n) is 4.27. The Morgan fingerprint density at radius 3 is 2.03 bits per heavy atom. The van der Waals surface area contributed by atoms with Crippen molar-refractivity contribution >= 4 is 35.4 Å². The van der Waals surface area contributed by atoms with Gasteiger partial charge < -0.3 is 19.6 Å². The van der Waals surface area contributed by atoms with Crippen LogP contribution in [0.2, 0.25) is 10.0 Å². The molecule has 156 valence electrons. The second-order valence-corrected chi connectivity index (χ2v) is 7.69. The van der Waals surface area contributed by atoms with Crippen molar-refractivity contribution in [2.24, 2.45) is 0 Å². The van der Waals surface area contributed by atoms with Crippen LogP contribution in [-0.4, -0.2) is 42.1 Å². The van der Waals surface area contributed by atoms with Crippen molar-refractivity contribution in [3.63, 3.8) is 0 Å². The second kappa shape index (κ2) is 9.80. The van der Waals surface area contributed by atoms with Crippen LogP contribution >= 0.6 is 23.2 Å². The first-order valence-electron chi connectivity index (χ1n) is 9.21. The highest BCUT2D eigenvalue weighted by Gasteiger charge is 2.04. The van der Waals surface area contributed by atoms with Crippen molar-refractivity contribution < 1.29 is 4.74 Å². The maximum Gasteiger partial charge on any atom is 0.272 e. The average molecular weight is 446 g/mol. The summed E-state index contributed by atoms with van der Waals surface area (Å²) in [5, 5.41) is 0.970. The van der Waals surface area contributed by atoms with Gasteiger partial charge in [-0.2, -0.15) is 0 Å². The molecule has 0 aliphatic carbocycles. The predicted octanol–water partition coefficient (Wildman–Crippen LogP) is 1.97. The summed E-state index contributed by atoms with van der Waals surface area (Å²) in [4.78, 5) is 32.1. The van der Waals surface area contributed by atoms with E-state index in [1.165, 1.54) is 6.08 Å². The van der Waals surface area contributed by atoms with Crippen LogP contribution in [0.5, 0.6) is 5.75 Å². The number of hydrogen-bond acceptors (Lipinski definition) is 4. The van der Waals surface area contributed by atoms with E-state index in [-0.39, 0.29) is 10.7 Å². The highest BCUT2D eigenvalue weighted by Crippen LogP contribution is 2.24. The molecule has 0 radical (unpaired) electrons. The Kier molecular flexibility index (Phi) is 7.15. The molecule has 3 rings (SSSR count). The van der Waals surface area contributed by atoms with Gasteiger partial charge in [0, 0.05) is 22.2 Å². The normalized spacial score (nSPS) is 12.6. The van der Waals surface area contributed by atoms with E-state index in [2.05, 4.69) is 9.97 Å². The Labute approximate surface area is 183 Å². The first-order chi connectivity index (χ1) is 14.3.